The topological polar surface area (TPSA) is 75.3 Å². The highest BCUT2D eigenvalue weighted by molar-refractivity contribution is 7.92. The Hall–Kier alpha value is -0.980. The average Bonchev–Trinajstić information content (AvgIpc) is 2.40. The second kappa shape index (κ2) is 7.71. The van der Waals surface area contributed by atoms with Gasteiger partial charge in [-0.15, -0.1) is 11.6 Å². The molecule has 0 bridgehead atoms. The van der Waals surface area contributed by atoms with Crippen LogP contribution in [0.3, 0.4) is 0 Å². The van der Waals surface area contributed by atoms with Crippen molar-refractivity contribution in [1.82, 2.24) is 5.32 Å². The number of nitrogens with one attached hydrogen (secondary N) is 2. The monoisotopic (exact) mass is 338 g/mol. The van der Waals surface area contributed by atoms with E-state index >= 15 is 0 Å². The summed E-state index contributed by atoms with van der Waals surface area (Å²) in [4.78, 5) is 11.5. The number of unbranched alkanes of at least 4 members (excludes halogenated alkanes) is 1. The fraction of sp³-hybridized carbons (Fsp3) is 0.417. The first-order valence-electron chi connectivity index (χ1n) is 5.97. The van der Waals surface area contributed by atoms with Gasteiger partial charge in [0.05, 0.1) is 16.5 Å². The predicted molar refractivity (Wildman–Crippen MR) is 82.2 cm³/mol. The van der Waals surface area contributed by atoms with Gasteiger partial charge in [-0.2, -0.15) is 0 Å². The molecule has 0 atom stereocenters. The summed E-state index contributed by atoms with van der Waals surface area (Å²) in [6.45, 7) is 0. The first-order valence-corrected chi connectivity index (χ1v) is 8.54. The van der Waals surface area contributed by atoms with Crippen molar-refractivity contribution >= 4 is 44.8 Å². The molecule has 5 nitrogen and oxygen atoms in total. The van der Waals surface area contributed by atoms with E-state index in [1.165, 1.54) is 25.2 Å². The van der Waals surface area contributed by atoms with Crippen molar-refractivity contribution in [3.05, 3.63) is 28.8 Å². The van der Waals surface area contributed by atoms with Gasteiger partial charge in [0.2, 0.25) is 10.0 Å². The van der Waals surface area contributed by atoms with Gasteiger partial charge >= 0.3 is 0 Å². The van der Waals surface area contributed by atoms with Gasteiger partial charge < -0.3 is 5.32 Å². The van der Waals surface area contributed by atoms with Crippen LogP contribution in [0, 0.1) is 0 Å². The van der Waals surface area contributed by atoms with Crippen molar-refractivity contribution in [2.45, 2.75) is 12.8 Å². The minimum absolute atomic E-state index is 0.0414. The first-order chi connectivity index (χ1) is 9.39. The number of benzene rings is 1. The molecule has 0 heterocycles. The largest absolute Gasteiger partial charge is 0.355 e. The van der Waals surface area contributed by atoms with E-state index in [-0.39, 0.29) is 22.4 Å². The van der Waals surface area contributed by atoms with Crippen LogP contribution in [-0.2, 0) is 10.0 Å². The molecular weight excluding hydrogens is 323 g/mol. The molecule has 20 heavy (non-hydrogen) atoms. The number of sulfonamides is 1. The molecule has 0 spiro atoms. The van der Waals surface area contributed by atoms with Crippen molar-refractivity contribution in [3.8, 4) is 0 Å². The molecule has 0 radical (unpaired) electrons. The SMILES string of the molecule is CNC(=O)c1ccc(Cl)c(NS(=O)(=O)CCCCCl)c1. The third-order valence-corrected chi connectivity index (χ3v) is 4.47. The number of hydrogen-bond acceptors (Lipinski definition) is 3. The Kier molecular flexibility index (Phi) is 6.58. The smallest absolute Gasteiger partial charge is 0.251 e. The summed E-state index contributed by atoms with van der Waals surface area (Å²) in [6, 6.07) is 4.40. The zero-order chi connectivity index (χ0) is 15.2. The summed E-state index contributed by atoms with van der Waals surface area (Å²) < 4.78 is 26.1. The lowest BCUT2D eigenvalue weighted by Gasteiger charge is -2.10. The molecule has 0 aliphatic heterocycles. The third-order valence-electron chi connectivity index (χ3n) is 2.52. The van der Waals surface area contributed by atoms with E-state index in [2.05, 4.69) is 10.0 Å². The molecule has 0 aromatic heterocycles. The summed E-state index contributed by atoms with van der Waals surface area (Å²) in [5, 5.41) is 2.69. The lowest BCUT2D eigenvalue weighted by atomic mass is 10.2. The molecule has 0 aliphatic carbocycles. The van der Waals surface area contributed by atoms with Crippen LogP contribution in [0.25, 0.3) is 0 Å². The second-order valence-corrected chi connectivity index (χ2v) is 6.72. The van der Waals surface area contributed by atoms with E-state index in [1.807, 2.05) is 0 Å². The second-order valence-electron chi connectivity index (χ2n) is 4.09. The summed E-state index contributed by atoms with van der Waals surface area (Å²) in [5.41, 5.74) is 0.522. The van der Waals surface area contributed by atoms with Gasteiger partial charge in [0.15, 0.2) is 0 Å². The maximum Gasteiger partial charge on any atom is 0.251 e. The van der Waals surface area contributed by atoms with E-state index in [4.69, 9.17) is 23.2 Å². The Morgan fingerprint density at radius 1 is 1.30 bits per heavy atom. The number of halogens is 2. The molecule has 1 amide bonds. The number of amides is 1. The number of hydrogen-bond donors (Lipinski definition) is 2. The summed E-state index contributed by atoms with van der Waals surface area (Å²) >= 11 is 11.4. The predicted octanol–water partition coefficient (Wildman–Crippen LogP) is 2.46. The molecule has 0 saturated heterocycles. The van der Waals surface area contributed by atoms with Crippen molar-refractivity contribution in [3.63, 3.8) is 0 Å². The van der Waals surface area contributed by atoms with Crippen molar-refractivity contribution in [2.24, 2.45) is 0 Å². The van der Waals surface area contributed by atoms with Crippen LogP contribution in [-0.4, -0.2) is 33.0 Å². The Balaban J connectivity index is 2.88. The molecular formula is C12H16Cl2N2O3S. The van der Waals surface area contributed by atoms with E-state index in [1.54, 1.807) is 0 Å². The first kappa shape index (κ1) is 17.1. The Labute approximate surface area is 128 Å². The number of carbonyl (C=O) groups is 1. The molecule has 0 unspecified atom stereocenters. The van der Waals surface area contributed by atoms with E-state index in [0.29, 0.717) is 24.3 Å². The Morgan fingerprint density at radius 3 is 2.60 bits per heavy atom. The zero-order valence-corrected chi connectivity index (χ0v) is 13.3. The number of carbonyl (C=O) groups excluding carboxylic acids is 1. The lowest BCUT2D eigenvalue weighted by Crippen LogP contribution is -2.20. The molecule has 2 N–H and O–H groups in total. The third kappa shape index (κ3) is 5.19. The standard InChI is InChI=1S/C12H16Cl2N2O3S/c1-15-12(17)9-4-5-10(14)11(8-9)16-20(18,19)7-3-2-6-13/h4-5,8,16H,2-3,6-7H2,1H3,(H,15,17). The van der Waals surface area contributed by atoms with Crippen molar-refractivity contribution in [1.29, 1.82) is 0 Å². The zero-order valence-electron chi connectivity index (χ0n) is 10.9. The minimum Gasteiger partial charge on any atom is -0.355 e. The van der Waals surface area contributed by atoms with Gasteiger partial charge in [0.1, 0.15) is 0 Å². The number of anilines is 1. The molecule has 0 saturated carbocycles. The highest BCUT2D eigenvalue weighted by Crippen LogP contribution is 2.24. The van der Waals surface area contributed by atoms with Gasteiger partial charge in [-0.1, -0.05) is 11.6 Å². The summed E-state index contributed by atoms with van der Waals surface area (Å²) in [6.07, 6.45) is 1.08. The van der Waals surface area contributed by atoms with Crippen molar-refractivity contribution in [2.75, 3.05) is 23.4 Å². The molecule has 0 fully saturated rings. The summed E-state index contributed by atoms with van der Waals surface area (Å²) in [7, 11) is -2.01. The van der Waals surface area contributed by atoms with Gasteiger partial charge in [0, 0.05) is 18.5 Å². The molecule has 8 heteroatoms. The molecule has 1 rings (SSSR count). The highest BCUT2D eigenvalue weighted by Gasteiger charge is 2.14. The van der Waals surface area contributed by atoms with E-state index in [9.17, 15) is 13.2 Å². The molecule has 1 aromatic carbocycles. The maximum absolute atomic E-state index is 11.9. The highest BCUT2D eigenvalue weighted by atomic mass is 35.5. The Morgan fingerprint density at radius 2 is 2.00 bits per heavy atom. The molecule has 112 valence electrons. The van der Waals surface area contributed by atoms with Gasteiger partial charge in [-0.05, 0) is 31.0 Å². The van der Waals surface area contributed by atoms with Crippen molar-refractivity contribution < 1.29 is 13.2 Å². The fourth-order valence-electron chi connectivity index (χ4n) is 1.49. The lowest BCUT2D eigenvalue weighted by molar-refractivity contribution is 0.0963. The van der Waals surface area contributed by atoms with E-state index < -0.39 is 10.0 Å². The van der Waals surface area contributed by atoms with Crippen LogP contribution in [0.4, 0.5) is 5.69 Å². The average molecular weight is 339 g/mol. The van der Waals surface area contributed by atoms with Crippen LogP contribution in [0.2, 0.25) is 5.02 Å². The number of rotatable bonds is 7. The molecule has 1 aromatic rings. The Bertz CT molecular complexity index is 576. The summed E-state index contributed by atoms with van der Waals surface area (Å²) in [5.74, 6) is 0.0622. The van der Waals surface area contributed by atoms with Crippen LogP contribution in [0.1, 0.15) is 23.2 Å². The van der Waals surface area contributed by atoms with Crippen LogP contribution >= 0.6 is 23.2 Å². The van der Waals surface area contributed by atoms with Gasteiger partial charge in [-0.3, -0.25) is 9.52 Å². The van der Waals surface area contributed by atoms with Crippen LogP contribution in [0.5, 0.6) is 0 Å². The molecule has 0 aliphatic rings. The maximum atomic E-state index is 11.9. The quantitative estimate of drug-likeness (QED) is 0.592. The van der Waals surface area contributed by atoms with Crippen LogP contribution in [0.15, 0.2) is 18.2 Å². The number of alkyl halides is 1. The normalized spacial score (nSPS) is 11.2. The van der Waals surface area contributed by atoms with Gasteiger partial charge in [-0.25, -0.2) is 8.42 Å². The van der Waals surface area contributed by atoms with Gasteiger partial charge in [0.25, 0.3) is 5.91 Å². The minimum atomic E-state index is -3.50. The van der Waals surface area contributed by atoms with Crippen LogP contribution < -0.4 is 10.0 Å². The fourth-order valence-corrected chi connectivity index (χ4v) is 3.09. The van der Waals surface area contributed by atoms with E-state index in [0.717, 1.165) is 0 Å².